The van der Waals surface area contributed by atoms with Crippen molar-refractivity contribution in [2.75, 3.05) is 0 Å². The van der Waals surface area contributed by atoms with E-state index in [0.29, 0.717) is 31.7 Å². The number of amides is 1. The summed E-state index contributed by atoms with van der Waals surface area (Å²) in [4.78, 5) is 33.0. The van der Waals surface area contributed by atoms with E-state index in [1.807, 2.05) is 62.6 Å². The molecule has 0 bridgehead atoms. The van der Waals surface area contributed by atoms with Gasteiger partial charge >= 0.3 is 5.97 Å². The van der Waals surface area contributed by atoms with Crippen LogP contribution in [0.15, 0.2) is 97.3 Å². The smallest absolute Gasteiger partial charge is 0.348 e. The molecule has 0 atom stereocenters. The van der Waals surface area contributed by atoms with Gasteiger partial charge in [0.25, 0.3) is 5.91 Å². The van der Waals surface area contributed by atoms with Crippen molar-refractivity contribution in [1.29, 1.82) is 0 Å². The van der Waals surface area contributed by atoms with Gasteiger partial charge in [-0.25, -0.2) is 32.6 Å². The van der Waals surface area contributed by atoms with Crippen LogP contribution in [0.5, 0.6) is 0 Å². The number of aryl methyl sites for hydroxylation is 2. The summed E-state index contributed by atoms with van der Waals surface area (Å²) in [5.74, 6) is -2.50. The van der Waals surface area contributed by atoms with E-state index in [1.54, 1.807) is 27.2 Å². The molecule has 0 saturated heterocycles. The maximum Gasteiger partial charge on any atom is 0.348 e. The molecular formula is C36H25F2N7O3S2. The van der Waals surface area contributed by atoms with Crippen LogP contribution in [0.2, 0.25) is 0 Å². The molecule has 6 aromatic heterocycles. The van der Waals surface area contributed by atoms with Crippen molar-refractivity contribution in [1.82, 2.24) is 29.2 Å². The minimum atomic E-state index is -1.09. The molecule has 0 radical (unpaired) electrons. The highest BCUT2D eigenvalue weighted by Gasteiger charge is 2.24. The van der Waals surface area contributed by atoms with Crippen molar-refractivity contribution in [3.63, 3.8) is 0 Å². The number of thiazole rings is 2. The fraction of sp³-hybridized carbons (Fsp3) is 0.0556. The van der Waals surface area contributed by atoms with Gasteiger partial charge in [-0.2, -0.15) is 10.2 Å². The summed E-state index contributed by atoms with van der Waals surface area (Å²) in [7, 11) is 0. The van der Waals surface area contributed by atoms with Gasteiger partial charge in [-0.05, 0) is 62.4 Å². The Morgan fingerprint density at radius 3 is 1.58 bits per heavy atom. The van der Waals surface area contributed by atoms with Crippen molar-refractivity contribution < 1.29 is 23.5 Å². The molecule has 0 aliphatic rings. The predicted molar refractivity (Wildman–Crippen MR) is 188 cm³/mol. The van der Waals surface area contributed by atoms with E-state index in [-0.39, 0.29) is 10.6 Å². The summed E-state index contributed by atoms with van der Waals surface area (Å²) in [6.45, 7) is 3.74. The third kappa shape index (κ3) is 6.01. The normalized spacial score (nSPS) is 11.1. The topological polar surface area (TPSA) is 141 Å². The zero-order valence-corrected chi connectivity index (χ0v) is 28.0. The fourth-order valence-corrected chi connectivity index (χ4v) is 7.67. The van der Waals surface area contributed by atoms with Crippen molar-refractivity contribution in [2.24, 2.45) is 5.73 Å². The summed E-state index contributed by atoms with van der Waals surface area (Å²) in [6.07, 6.45) is 3.67. The second-order valence-corrected chi connectivity index (χ2v) is 13.1. The van der Waals surface area contributed by atoms with Crippen LogP contribution in [-0.2, 0) is 0 Å². The summed E-state index contributed by atoms with van der Waals surface area (Å²) in [5.41, 5.74) is 12.0. The molecule has 248 valence electrons. The number of pyridine rings is 2. The number of carbonyl (C=O) groups is 2. The summed E-state index contributed by atoms with van der Waals surface area (Å²) < 4.78 is 30.6. The molecule has 3 N–H and O–H groups in total. The van der Waals surface area contributed by atoms with Gasteiger partial charge in [0.15, 0.2) is 0 Å². The Morgan fingerprint density at radius 2 is 1.14 bits per heavy atom. The average Bonchev–Trinajstić information content (AvgIpc) is 3.86. The zero-order valence-electron chi connectivity index (χ0n) is 26.3. The van der Waals surface area contributed by atoms with E-state index in [0.717, 1.165) is 44.9 Å². The van der Waals surface area contributed by atoms with Crippen LogP contribution >= 0.6 is 22.7 Å². The summed E-state index contributed by atoms with van der Waals surface area (Å²) in [6, 6.07) is 23.1. The van der Waals surface area contributed by atoms with Gasteiger partial charge in [-0.1, -0.05) is 36.4 Å². The number of benzene rings is 2. The Hall–Kier alpha value is -6.12. The summed E-state index contributed by atoms with van der Waals surface area (Å²) >= 11 is 2.26. The second kappa shape index (κ2) is 13.1. The molecular weight excluding hydrogens is 681 g/mol. The molecule has 2 aromatic carbocycles. The van der Waals surface area contributed by atoms with E-state index in [9.17, 15) is 23.5 Å². The van der Waals surface area contributed by atoms with E-state index < -0.39 is 23.5 Å². The van der Waals surface area contributed by atoms with Crippen molar-refractivity contribution in [3.05, 3.63) is 130 Å². The first-order valence-electron chi connectivity index (χ1n) is 15.0. The number of hydrogen-bond donors (Lipinski definition) is 2. The molecule has 6 heterocycles. The highest BCUT2D eigenvalue weighted by atomic mass is 32.1. The Kier molecular flexibility index (Phi) is 8.47. The van der Waals surface area contributed by atoms with Crippen molar-refractivity contribution in [2.45, 2.75) is 13.8 Å². The van der Waals surface area contributed by atoms with Crippen LogP contribution in [-0.4, -0.2) is 46.2 Å². The lowest BCUT2D eigenvalue weighted by atomic mass is 10.1. The number of aromatic nitrogens is 6. The van der Waals surface area contributed by atoms with Gasteiger partial charge in [-0.15, -0.1) is 22.7 Å². The third-order valence-corrected chi connectivity index (χ3v) is 9.87. The first-order valence-corrected chi connectivity index (χ1v) is 16.7. The first kappa shape index (κ1) is 32.4. The number of carboxylic acid groups (broad SMARTS) is 1. The van der Waals surface area contributed by atoms with Gasteiger partial charge in [0, 0.05) is 23.5 Å². The number of rotatable bonds is 6. The molecule has 0 unspecified atom stereocenters. The minimum absolute atomic E-state index is 0.0790. The second-order valence-electron chi connectivity index (χ2n) is 11.1. The maximum atomic E-state index is 13.6. The van der Waals surface area contributed by atoms with Crippen LogP contribution in [0.4, 0.5) is 8.78 Å². The molecule has 0 saturated carbocycles. The third-order valence-electron chi connectivity index (χ3n) is 7.73. The standard InChI is InChI=1S/C18H13FN4OS.C18H12FN3O2S/c1-10-14(13-7-2-3-8-23(13)22-10)18-21-15(16(25-18)17(20)24)11-5-4-6-12(19)9-11;1-10-14(13-7-2-3-8-22(13)21-10)17-20-15(16(25-17)18(23)24)11-5-4-6-12(19)9-11/h2-9H,1H3,(H2,20,24);2-9H,1H3,(H,23,24). The number of halogens is 2. The van der Waals surface area contributed by atoms with Gasteiger partial charge < -0.3 is 10.8 Å². The lowest BCUT2D eigenvalue weighted by molar-refractivity contribution is 0.0702. The van der Waals surface area contributed by atoms with Gasteiger partial charge in [0.1, 0.15) is 31.4 Å². The largest absolute Gasteiger partial charge is 0.477 e. The number of nitrogens with two attached hydrogens (primary N) is 1. The monoisotopic (exact) mass is 705 g/mol. The van der Waals surface area contributed by atoms with Crippen molar-refractivity contribution in [3.8, 4) is 43.7 Å². The molecule has 8 rings (SSSR count). The van der Waals surface area contributed by atoms with Crippen LogP contribution in [0, 0.1) is 25.5 Å². The number of hydrogen-bond acceptors (Lipinski definition) is 8. The van der Waals surface area contributed by atoms with Gasteiger partial charge in [0.05, 0.1) is 44.9 Å². The first-order chi connectivity index (χ1) is 24.1. The van der Waals surface area contributed by atoms with E-state index in [2.05, 4.69) is 20.2 Å². The molecule has 0 spiro atoms. The quantitative estimate of drug-likeness (QED) is 0.179. The number of carbonyl (C=O) groups excluding carboxylic acids is 1. The maximum absolute atomic E-state index is 13.6. The van der Waals surface area contributed by atoms with Crippen LogP contribution in [0.3, 0.4) is 0 Å². The van der Waals surface area contributed by atoms with Gasteiger partial charge in [0.2, 0.25) is 0 Å². The highest BCUT2D eigenvalue weighted by Crippen LogP contribution is 2.38. The number of aromatic carboxylic acids is 1. The lowest BCUT2D eigenvalue weighted by Gasteiger charge is -1.99. The minimum Gasteiger partial charge on any atom is -0.477 e. The Bertz CT molecular complexity index is 2410. The molecule has 50 heavy (non-hydrogen) atoms. The van der Waals surface area contributed by atoms with Crippen LogP contribution in [0.25, 0.3) is 54.7 Å². The molecule has 14 heteroatoms. The zero-order chi connectivity index (χ0) is 35.1. The van der Waals surface area contributed by atoms with E-state index in [1.165, 1.54) is 41.7 Å². The molecule has 8 aromatic rings. The van der Waals surface area contributed by atoms with E-state index >= 15 is 0 Å². The molecule has 0 aliphatic heterocycles. The number of nitrogens with zero attached hydrogens (tertiary/aromatic N) is 6. The SMILES string of the molecule is Cc1nn2ccccc2c1-c1nc(-c2cccc(F)c2)c(C(=O)O)s1.Cc1nn2ccccc2c1-c1nc(-c2cccc(F)c2)c(C(N)=O)s1. The summed E-state index contributed by atoms with van der Waals surface area (Å²) in [5, 5.41) is 19.6. The highest BCUT2D eigenvalue weighted by molar-refractivity contribution is 7.17. The van der Waals surface area contributed by atoms with E-state index in [4.69, 9.17) is 5.73 Å². The molecule has 10 nitrogen and oxygen atoms in total. The Morgan fingerprint density at radius 1 is 0.680 bits per heavy atom. The molecule has 0 aliphatic carbocycles. The van der Waals surface area contributed by atoms with Crippen LogP contribution in [0.1, 0.15) is 30.7 Å². The lowest BCUT2D eigenvalue weighted by Crippen LogP contribution is -2.10. The molecule has 1 amide bonds. The number of carboxylic acids is 1. The van der Waals surface area contributed by atoms with Crippen molar-refractivity contribution >= 4 is 45.6 Å². The molecule has 0 fully saturated rings. The average molecular weight is 706 g/mol. The number of fused-ring (bicyclic) bond motifs is 2. The van der Waals surface area contributed by atoms with Crippen LogP contribution < -0.4 is 5.73 Å². The van der Waals surface area contributed by atoms with Gasteiger partial charge in [-0.3, -0.25) is 4.79 Å². The number of primary amides is 1. The fourth-order valence-electron chi connectivity index (χ4n) is 5.59. The predicted octanol–water partition coefficient (Wildman–Crippen LogP) is 7.94. The Labute approximate surface area is 290 Å². The Balaban J connectivity index is 0.000000157.